The molecule has 1 aromatic carbocycles. The lowest BCUT2D eigenvalue weighted by Crippen LogP contribution is -2.53. The number of carbonyl (C=O) groups excluding carboxylic acids is 3. The van der Waals surface area contributed by atoms with Gasteiger partial charge in [0.25, 0.3) is 0 Å². The van der Waals surface area contributed by atoms with Gasteiger partial charge in [0.1, 0.15) is 17.7 Å². The topological polar surface area (TPSA) is 87.7 Å². The first-order valence-electron chi connectivity index (χ1n) is 13.9. The SMILES string of the molecule is C=Cc1cccc(C(C(=O)NC2CCCCC2)N(CCCCCC)C(=O)C(C)NC(=O)OC(C)(C)C)c1. The first-order chi connectivity index (χ1) is 17.6. The molecule has 7 heteroatoms. The summed E-state index contributed by atoms with van der Waals surface area (Å²) in [6.45, 7) is 13.4. The fourth-order valence-electron chi connectivity index (χ4n) is 4.73. The van der Waals surface area contributed by atoms with Gasteiger partial charge in [-0.2, -0.15) is 0 Å². The standard InChI is InChI=1S/C30H47N3O4/c1-7-9-10-14-20-33(28(35)22(3)31-29(36)37-30(4,5)6)26(24-17-15-16-23(8-2)21-24)27(34)32-25-18-12-11-13-19-25/h8,15-17,21-22,25-26H,2,7,9-14,18-20H2,1,3-6H3,(H,31,36)(H,32,34). The molecule has 7 nitrogen and oxygen atoms in total. The van der Waals surface area contributed by atoms with Crippen LogP contribution >= 0.6 is 0 Å². The van der Waals surface area contributed by atoms with E-state index in [1.54, 1.807) is 38.7 Å². The van der Waals surface area contributed by atoms with Gasteiger partial charge in [0, 0.05) is 12.6 Å². The maximum Gasteiger partial charge on any atom is 0.408 e. The number of hydrogen-bond acceptors (Lipinski definition) is 4. The number of amides is 3. The number of nitrogens with zero attached hydrogens (tertiary/aromatic N) is 1. The van der Waals surface area contributed by atoms with Gasteiger partial charge in [-0.15, -0.1) is 0 Å². The third-order valence-corrected chi connectivity index (χ3v) is 6.61. The number of rotatable bonds is 12. The highest BCUT2D eigenvalue weighted by Crippen LogP contribution is 2.26. The molecule has 0 aliphatic heterocycles. The van der Waals surface area contributed by atoms with Crippen molar-refractivity contribution in [2.75, 3.05) is 6.54 Å². The second kappa shape index (κ2) is 14.8. The maximum atomic E-state index is 13.8. The number of nitrogens with one attached hydrogen (secondary N) is 2. The van der Waals surface area contributed by atoms with Crippen molar-refractivity contribution in [1.82, 2.24) is 15.5 Å². The molecule has 2 atom stereocenters. The van der Waals surface area contributed by atoms with Gasteiger partial charge >= 0.3 is 6.09 Å². The number of benzene rings is 1. The van der Waals surface area contributed by atoms with Crippen molar-refractivity contribution in [1.29, 1.82) is 0 Å². The van der Waals surface area contributed by atoms with Crippen LogP contribution in [0.3, 0.4) is 0 Å². The van der Waals surface area contributed by atoms with E-state index in [1.807, 2.05) is 24.3 Å². The molecule has 2 unspecified atom stereocenters. The van der Waals surface area contributed by atoms with Crippen LogP contribution < -0.4 is 10.6 Å². The Labute approximate surface area is 223 Å². The molecule has 1 saturated carbocycles. The van der Waals surface area contributed by atoms with Gasteiger partial charge < -0.3 is 20.3 Å². The molecule has 0 bridgehead atoms. The Kier molecular flexibility index (Phi) is 12.2. The number of alkyl carbamates (subject to hydrolysis) is 1. The highest BCUT2D eigenvalue weighted by atomic mass is 16.6. The fraction of sp³-hybridized carbons (Fsp3) is 0.633. The van der Waals surface area contributed by atoms with Crippen molar-refractivity contribution in [3.8, 4) is 0 Å². The van der Waals surface area contributed by atoms with Gasteiger partial charge in [0.05, 0.1) is 0 Å². The normalized spacial score (nSPS) is 15.8. The molecule has 206 valence electrons. The smallest absolute Gasteiger partial charge is 0.408 e. The second-order valence-electron chi connectivity index (χ2n) is 11.1. The van der Waals surface area contributed by atoms with Crippen LogP contribution in [0.15, 0.2) is 30.8 Å². The van der Waals surface area contributed by atoms with E-state index in [0.29, 0.717) is 6.54 Å². The molecule has 0 radical (unpaired) electrons. The monoisotopic (exact) mass is 513 g/mol. The number of carbonyl (C=O) groups is 3. The van der Waals surface area contributed by atoms with Crippen molar-refractivity contribution in [2.45, 2.75) is 116 Å². The van der Waals surface area contributed by atoms with Gasteiger partial charge in [-0.05, 0) is 64.2 Å². The third kappa shape index (κ3) is 10.2. The second-order valence-corrected chi connectivity index (χ2v) is 11.1. The summed E-state index contributed by atoms with van der Waals surface area (Å²) in [4.78, 5) is 41.7. The molecule has 1 fully saturated rings. The van der Waals surface area contributed by atoms with E-state index in [9.17, 15) is 14.4 Å². The summed E-state index contributed by atoms with van der Waals surface area (Å²) in [6, 6.07) is 6.06. The van der Waals surface area contributed by atoms with Crippen LogP contribution in [0.1, 0.15) is 110 Å². The zero-order chi connectivity index (χ0) is 27.4. The van der Waals surface area contributed by atoms with Crippen LogP contribution in [0.4, 0.5) is 4.79 Å². The molecule has 2 rings (SSSR count). The Morgan fingerprint density at radius 1 is 1.14 bits per heavy atom. The predicted octanol–water partition coefficient (Wildman–Crippen LogP) is 6.14. The molecule has 37 heavy (non-hydrogen) atoms. The Hall–Kier alpha value is -2.83. The minimum Gasteiger partial charge on any atom is -0.444 e. The van der Waals surface area contributed by atoms with Crippen LogP contribution in [0.2, 0.25) is 0 Å². The van der Waals surface area contributed by atoms with Gasteiger partial charge in [0.15, 0.2) is 0 Å². The van der Waals surface area contributed by atoms with E-state index in [2.05, 4.69) is 24.1 Å². The van der Waals surface area contributed by atoms with Crippen molar-refractivity contribution >= 4 is 24.0 Å². The third-order valence-electron chi connectivity index (χ3n) is 6.61. The summed E-state index contributed by atoms with van der Waals surface area (Å²) in [5.41, 5.74) is 0.936. The number of ether oxygens (including phenoxy) is 1. The zero-order valence-corrected chi connectivity index (χ0v) is 23.5. The quantitative estimate of drug-likeness (QED) is 0.329. The number of unbranched alkanes of at least 4 members (excludes halogenated alkanes) is 3. The largest absolute Gasteiger partial charge is 0.444 e. The molecule has 0 spiro atoms. The van der Waals surface area contributed by atoms with Crippen LogP contribution in [0.25, 0.3) is 6.08 Å². The van der Waals surface area contributed by atoms with Crippen molar-refractivity contribution < 1.29 is 19.1 Å². The molecule has 0 saturated heterocycles. The summed E-state index contributed by atoms with van der Waals surface area (Å²) in [5, 5.41) is 5.90. The Bertz CT molecular complexity index is 902. The van der Waals surface area contributed by atoms with E-state index in [1.165, 1.54) is 6.42 Å². The summed E-state index contributed by atoms with van der Waals surface area (Å²) in [6.07, 6.45) is 10.2. The minimum atomic E-state index is -0.853. The molecule has 0 heterocycles. The minimum absolute atomic E-state index is 0.112. The Balaban J connectivity index is 2.38. The maximum absolute atomic E-state index is 13.8. The lowest BCUT2D eigenvalue weighted by molar-refractivity contribution is -0.142. The Morgan fingerprint density at radius 3 is 2.46 bits per heavy atom. The fourth-order valence-corrected chi connectivity index (χ4v) is 4.73. The van der Waals surface area contributed by atoms with Crippen LogP contribution in [-0.2, 0) is 14.3 Å². The van der Waals surface area contributed by atoms with Crippen LogP contribution in [0.5, 0.6) is 0 Å². The molecule has 1 aromatic rings. The highest BCUT2D eigenvalue weighted by Gasteiger charge is 2.35. The van der Waals surface area contributed by atoms with Crippen LogP contribution in [-0.4, -0.2) is 47.0 Å². The van der Waals surface area contributed by atoms with E-state index in [-0.39, 0.29) is 17.9 Å². The van der Waals surface area contributed by atoms with E-state index >= 15 is 0 Å². The lowest BCUT2D eigenvalue weighted by Gasteiger charge is -2.35. The van der Waals surface area contributed by atoms with Crippen molar-refractivity contribution in [2.24, 2.45) is 0 Å². The lowest BCUT2D eigenvalue weighted by atomic mass is 9.94. The van der Waals surface area contributed by atoms with Gasteiger partial charge in [-0.1, -0.05) is 76.3 Å². The summed E-state index contributed by atoms with van der Waals surface area (Å²) in [5.74, 6) is -0.489. The molecule has 0 aromatic heterocycles. The first-order valence-corrected chi connectivity index (χ1v) is 13.9. The Morgan fingerprint density at radius 2 is 1.84 bits per heavy atom. The van der Waals surface area contributed by atoms with E-state index in [0.717, 1.165) is 62.5 Å². The van der Waals surface area contributed by atoms with Crippen molar-refractivity contribution in [3.05, 3.63) is 42.0 Å². The average Bonchev–Trinajstić information content (AvgIpc) is 2.84. The summed E-state index contributed by atoms with van der Waals surface area (Å²) in [7, 11) is 0. The molecule has 2 N–H and O–H groups in total. The highest BCUT2D eigenvalue weighted by molar-refractivity contribution is 5.92. The molecule has 1 aliphatic carbocycles. The first kappa shape index (κ1) is 30.4. The van der Waals surface area contributed by atoms with Crippen LogP contribution in [0, 0.1) is 0 Å². The van der Waals surface area contributed by atoms with Gasteiger partial charge in [0.2, 0.25) is 11.8 Å². The van der Waals surface area contributed by atoms with Crippen molar-refractivity contribution in [3.63, 3.8) is 0 Å². The summed E-state index contributed by atoms with van der Waals surface area (Å²) < 4.78 is 5.36. The van der Waals surface area contributed by atoms with E-state index < -0.39 is 23.8 Å². The van der Waals surface area contributed by atoms with Gasteiger partial charge in [-0.3, -0.25) is 9.59 Å². The molecule has 3 amide bonds. The van der Waals surface area contributed by atoms with E-state index in [4.69, 9.17) is 4.74 Å². The average molecular weight is 514 g/mol. The molecular formula is C30H47N3O4. The molecular weight excluding hydrogens is 466 g/mol. The molecule has 1 aliphatic rings. The zero-order valence-electron chi connectivity index (χ0n) is 23.5. The van der Waals surface area contributed by atoms with Gasteiger partial charge in [-0.25, -0.2) is 4.79 Å². The number of hydrogen-bond donors (Lipinski definition) is 2. The summed E-state index contributed by atoms with van der Waals surface area (Å²) >= 11 is 0. The predicted molar refractivity (Wildman–Crippen MR) is 149 cm³/mol.